The summed E-state index contributed by atoms with van der Waals surface area (Å²) in [5.74, 6) is 0.232. The molecule has 0 radical (unpaired) electrons. The van der Waals surface area contributed by atoms with Gasteiger partial charge in [-0.15, -0.1) is 11.6 Å². The number of nitrogens with zero attached hydrogens (tertiary/aromatic N) is 1. The molecule has 0 saturated heterocycles. The number of alkyl halides is 3. The Morgan fingerprint density at radius 3 is 2.54 bits per heavy atom. The van der Waals surface area contributed by atoms with Crippen molar-refractivity contribution in [2.45, 2.75) is 12.3 Å². The lowest BCUT2D eigenvalue weighted by Gasteiger charge is -2.05. The number of pyridine rings is 1. The summed E-state index contributed by atoms with van der Waals surface area (Å²) in [6, 6.07) is 1.53. The van der Waals surface area contributed by atoms with Crippen LogP contribution >= 0.6 is 43.5 Å². The summed E-state index contributed by atoms with van der Waals surface area (Å²) in [4.78, 5) is 3.68. The van der Waals surface area contributed by atoms with E-state index in [1.165, 1.54) is 6.07 Å². The highest BCUT2D eigenvalue weighted by atomic mass is 79.9. The lowest BCUT2D eigenvalue weighted by molar-refractivity contribution is 0.145. The SMILES string of the molecule is FC(F)c1nc(Br)c(CCl)cc1Br. The molecule has 1 aromatic heterocycles. The van der Waals surface area contributed by atoms with E-state index in [4.69, 9.17) is 11.6 Å². The lowest BCUT2D eigenvalue weighted by Crippen LogP contribution is -1.95. The third kappa shape index (κ3) is 2.60. The molecule has 1 nitrogen and oxygen atoms in total. The van der Waals surface area contributed by atoms with Crippen molar-refractivity contribution in [3.8, 4) is 0 Å². The predicted molar refractivity (Wildman–Crippen MR) is 54.2 cm³/mol. The van der Waals surface area contributed by atoms with Crippen LogP contribution in [-0.4, -0.2) is 4.98 Å². The molecule has 0 aliphatic rings. The fourth-order valence-corrected chi connectivity index (χ4v) is 2.11. The highest BCUT2D eigenvalue weighted by Gasteiger charge is 2.15. The maximum Gasteiger partial charge on any atom is 0.281 e. The molecular weight excluding hydrogens is 331 g/mol. The molecule has 0 saturated carbocycles. The highest BCUT2D eigenvalue weighted by Crippen LogP contribution is 2.29. The van der Waals surface area contributed by atoms with Gasteiger partial charge < -0.3 is 0 Å². The molecule has 1 rings (SSSR count). The van der Waals surface area contributed by atoms with Crippen molar-refractivity contribution in [2.24, 2.45) is 0 Å². The third-order valence-electron chi connectivity index (χ3n) is 1.38. The zero-order valence-corrected chi connectivity index (χ0v) is 10.1. The first kappa shape index (κ1) is 11.3. The minimum Gasteiger partial charge on any atom is -0.238 e. The minimum atomic E-state index is -2.59. The molecule has 0 aliphatic carbocycles. The van der Waals surface area contributed by atoms with Crippen LogP contribution in [0.1, 0.15) is 17.7 Å². The van der Waals surface area contributed by atoms with Gasteiger partial charge in [-0.1, -0.05) is 0 Å². The zero-order chi connectivity index (χ0) is 10.0. The fourth-order valence-electron chi connectivity index (χ4n) is 0.764. The van der Waals surface area contributed by atoms with E-state index in [1.807, 2.05) is 0 Å². The summed E-state index contributed by atoms with van der Waals surface area (Å²) >= 11 is 11.6. The van der Waals surface area contributed by atoms with Crippen LogP contribution in [0.2, 0.25) is 0 Å². The second-order valence-corrected chi connectivity index (χ2v) is 4.11. The second-order valence-electron chi connectivity index (χ2n) is 2.24. The molecule has 0 atom stereocenters. The van der Waals surface area contributed by atoms with Crippen LogP contribution in [-0.2, 0) is 5.88 Å². The first-order valence-electron chi connectivity index (χ1n) is 3.25. The maximum absolute atomic E-state index is 12.3. The van der Waals surface area contributed by atoms with Gasteiger partial charge in [0.25, 0.3) is 6.43 Å². The number of rotatable bonds is 2. The molecule has 1 aromatic rings. The molecule has 0 N–H and O–H groups in total. The summed E-state index contributed by atoms with van der Waals surface area (Å²) in [5.41, 5.74) is 0.402. The van der Waals surface area contributed by atoms with Gasteiger partial charge in [-0.2, -0.15) is 0 Å². The van der Waals surface area contributed by atoms with E-state index in [1.54, 1.807) is 0 Å². The van der Waals surface area contributed by atoms with Gasteiger partial charge in [0, 0.05) is 10.0 Å². The van der Waals surface area contributed by atoms with Gasteiger partial charge in [-0.25, -0.2) is 13.8 Å². The molecule has 72 valence electrons. The third-order valence-corrected chi connectivity index (χ3v) is 2.99. The monoisotopic (exact) mass is 333 g/mol. The Morgan fingerprint density at radius 2 is 2.08 bits per heavy atom. The van der Waals surface area contributed by atoms with E-state index in [2.05, 4.69) is 36.8 Å². The Labute approximate surface area is 95.8 Å². The van der Waals surface area contributed by atoms with Gasteiger partial charge >= 0.3 is 0 Å². The molecule has 0 aromatic carbocycles. The summed E-state index contributed by atoms with van der Waals surface area (Å²) in [6.45, 7) is 0. The largest absolute Gasteiger partial charge is 0.281 e. The molecule has 0 amide bonds. The summed E-state index contributed by atoms with van der Waals surface area (Å²) in [7, 11) is 0. The predicted octanol–water partition coefficient (Wildman–Crippen LogP) is 4.28. The van der Waals surface area contributed by atoms with Gasteiger partial charge in [-0.3, -0.25) is 0 Å². The number of hydrogen-bond donors (Lipinski definition) is 0. The Bertz CT molecular complexity index is 320. The Kier molecular flexibility index (Phi) is 4.06. The lowest BCUT2D eigenvalue weighted by atomic mass is 10.3. The standard InChI is InChI=1S/C7H4Br2ClF2N/c8-4-1-3(2-10)6(9)13-5(4)7(11)12/h1,7H,2H2. The van der Waals surface area contributed by atoms with Gasteiger partial charge in [0.1, 0.15) is 10.3 Å². The van der Waals surface area contributed by atoms with Gasteiger partial charge in [0.05, 0.1) is 5.88 Å². The van der Waals surface area contributed by atoms with Crippen LogP contribution in [0.4, 0.5) is 8.78 Å². The van der Waals surface area contributed by atoms with E-state index in [9.17, 15) is 8.78 Å². The van der Waals surface area contributed by atoms with Crippen LogP contribution in [0, 0.1) is 0 Å². The number of hydrogen-bond acceptors (Lipinski definition) is 1. The molecule has 1 heterocycles. The smallest absolute Gasteiger partial charge is 0.238 e. The van der Waals surface area contributed by atoms with Crippen LogP contribution in [0.5, 0.6) is 0 Å². The molecule has 0 bridgehead atoms. The van der Waals surface area contributed by atoms with Crippen molar-refractivity contribution in [2.75, 3.05) is 0 Å². The Hall–Kier alpha value is 0.260. The molecule has 13 heavy (non-hydrogen) atoms. The normalized spacial score (nSPS) is 10.9. The number of halogens is 5. The summed E-state index contributed by atoms with van der Waals surface area (Å²) in [6.07, 6.45) is -2.59. The maximum atomic E-state index is 12.3. The van der Waals surface area contributed by atoms with E-state index < -0.39 is 6.43 Å². The first-order chi connectivity index (χ1) is 6.06. The van der Waals surface area contributed by atoms with Crippen molar-refractivity contribution >= 4 is 43.5 Å². The average Bonchev–Trinajstić information content (AvgIpc) is 2.07. The van der Waals surface area contributed by atoms with Crippen molar-refractivity contribution in [1.29, 1.82) is 0 Å². The average molecular weight is 335 g/mol. The molecule has 0 fully saturated rings. The van der Waals surface area contributed by atoms with Gasteiger partial charge in [-0.05, 0) is 37.9 Å². The topological polar surface area (TPSA) is 12.9 Å². The molecule has 6 heteroatoms. The summed E-state index contributed by atoms with van der Waals surface area (Å²) in [5, 5.41) is 0. The van der Waals surface area contributed by atoms with Crippen LogP contribution in [0.15, 0.2) is 15.1 Å². The van der Waals surface area contributed by atoms with E-state index in [0.717, 1.165) is 0 Å². The molecule has 0 aliphatic heterocycles. The zero-order valence-electron chi connectivity index (χ0n) is 6.20. The van der Waals surface area contributed by atoms with Crippen LogP contribution in [0.25, 0.3) is 0 Å². The molecule has 0 spiro atoms. The van der Waals surface area contributed by atoms with E-state index in [0.29, 0.717) is 10.2 Å². The Balaban J connectivity index is 3.20. The van der Waals surface area contributed by atoms with Crippen molar-refractivity contribution < 1.29 is 8.78 Å². The molecule has 0 unspecified atom stereocenters. The minimum absolute atomic E-state index is 0.232. The molecular formula is C7H4Br2ClF2N. The Morgan fingerprint density at radius 1 is 1.46 bits per heavy atom. The quantitative estimate of drug-likeness (QED) is 0.581. The summed E-state index contributed by atoms with van der Waals surface area (Å²) < 4.78 is 25.2. The van der Waals surface area contributed by atoms with Crippen molar-refractivity contribution in [3.05, 3.63) is 26.4 Å². The highest BCUT2D eigenvalue weighted by molar-refractivity contribution is 9.11. The van der Waals surface area contributed by atoms with Crippen molar-refractivity contribution in [1.82, 2.24) is 4.98 Å². The van der Waals surface area contributed by atoms with Crippen LogP contribution < -0.4 is 0 Å². The van der Waals surface area contributed by atoms with E-state index in [-0.39, 0.29) is 16.0 Å². The van der Waals surface area contributed by atoms with Gasteiger partial charge in [0.15, 0.2) is 0 Å². The fraction of sp³-hybridized carbons (Fsp3) is 0.286. The second kappa shape index (κ2) is 4.66. The van der Waals surface area contributed by atoms with E-state index >= 15 is 0 Å². The number of aromatic nitrogens is 1. The van der Waals surface area contributed by atoms with Crippen LogP contribution in [0.3, 0.4) is 0 Å². The first-order valence-corrected chi connectivity index (χ1v) is 5.37. The van der Waals surface area contributed by atoms with Gasteiger partial charge in [0.2, 0.25) is 0 Å². The van der Waals surface area contributed by atoms with Crippen molar-refractivity contribution in [3.63, 3.8) is 0 Å².